The van der Waals surface area contributed by atoms with E-state index >= 15 is 4.39 Å². The fourth-order valence-corrected chi connectivity index (χ4v) is 4.73. The van der Waals surface area contributed by atoms with Crippen LogP contribution in [0.4, 0.5) is 8.78 Å². The zero-order valence-corrected chi connectivity index (χ0v) is 17.9. The number of halogens is 2. The first-order chi connectivity index (χ1) is 15.9. The number of benzene rings is 1. The summed E-state index contributed by atoms with van der Waals surface area (Å²) in [6, 6.07) is 5.73. The topological polar surface area (TPSA) is 94.8 Å². The average molecular weight is 451 g/mol. The van der Waals surface area contributed by atoms with Crippen molar-refractivity contribution in [2.45, 2.75) is 37.3 Å². The Morgan fingerprint density at radius 3 is 2.85 bits per heavy atom. The lowest BCUT2D eigenvalue weighted by Crippen LogP contribution is -2.30. The van der Waals surface area contributed by atoms with Gasteiger partial charge in [0.15, 0.2) is 0 Å². The number of amides is 1. The van der Waals surface area contributed by atoms with Gasteiger partial charge in [0.05, 0.1) is 11.6 Å². The van der Waals surface area contributed by atoms with Gasteiger partial charge in [-0.05, 0) is 49.0 Å². The maximum atomic E-state index is 15.2. The second kappa shape index (κ2) is 8.10. The highest BCUT2D eigenvalue weighted by atomic mass is 19.1. The number of nitrogens with one attached hydrogen (secondary N) is 1. The Bertz CT molecular complexity index is 1250. The number of carbonyl (C=O) groups excluding carboxylic acids is 1. The van der Waals surface area contributed by atoms with Crippen LogP contribution in [0.25, 0.3) is 5.69 Å². The normalized spacial score (nSPS) is 26.5. The number of allylic oxidation sites excluding steroid dienone is 4. The molecule has 3 aliphatic rings. The van der Waals surface area contributed by atoms with Gasteiger partial charge >= 0.3 is 5.69 Å². The summed E-state index contributed by atoms with van der Waals surface area (Å²) in [7, 11) is 0. The molecule has 170 valence electrons. The monoisotopic (exact) mass is 451 g/mol. The number of alkyl halides is 1. The quantitative estimate of drug-likeness (QED) is 0.756. The standard InChI is InChI=1S/C24H23F2N5O2/c25-19-12-17(18-3-1-2-9-24(18,26)14-27)6-7-20(19)31-21(28-29-23(31)33)11-15-8-10-30(13-15)22(32)16-4-5-16/h1-3,6-7,9,12,15-16,18H,4-5,8,10-11,13H2,(H,29,33)/t15-,18?,24?/m0/s1. The van der Waals surface area contributed by atoms with Gasteiger partial charge in [0.25, 0.3) is 0 Å². The predicted molar refractivity (Wildman–Crippen MR) is 116 cm³/mol. The van der Waals surface area contributed by atoms with Crippen LogP contribution in [-0.2, 0) is 11.2 Å². The Morgan fingerprint density at radius 2 is 2.12 bits per heavy atom. The molecule has 2 aliphatic carbocycles. The van der Waals surface area contributed by atoms with Crippen LogP contribution in [0.3, 0.4) is 0 Å². The predicted octanol–water partition coefficient (Wildman–Crippen LogP) is 2.94. The molecule has 1 N–H and O–H groups in total. The van der Waals surface area contributed by atoms with Crippen molar-refractivity contribution in [1.29, 1.82) is 5.26 Å². The first kappa shape index (κ1) is 21.3. The van der Waals surface area contributed by atoms with Gasteiger partial charge in [-0.2, -0.15) is 10.4 Å². The molecular weight excluding hydrogens is 428 g/mol. The molecule has 1 amide bonds. The van der Waals surface area contributed by atoms with E-state index < -0.39 is 23.1 Å². The smallest absolute Gasteiger partial charge is 0.342 e. The Hall–Kier alpha value is -3.54. The molecule has 5 rings (SSSR count). The minimum atomic E-state index is -2.27. The summed E-state index contributed by atoms with van der Waals surface area (Å²) in [4.78, 5) is 26.7. The van der Waals surface area contributed by atoms with E-state index in [9.17, 15) is 19.2 Å². The third-order valence-electron chi connectivity index (χ3n) is 6.69. The van der Waals surface area contributed by atoms with Gasteiger partial charge in [0.1, 0.15) is 17.7 Å². The van der Waals surface area contributed by atoms with Gasteiger partial charge in [-0.3, -0.25) is 4.79 Å². The summed E-state index contributed by atoms with van der Waals surface area (Å²) in [5, 5.41) is 15.7. The Kier molecular flexibility index (Phi) is 5.23. The van der Waals surface area contributed by atoms with Gasteiger partial charge in [-0.1, -0.05) is 24.3 Å². The van der Waals surface area contributed by atoms with E-state index in [0.717, 1.165) is 31.4 Å². The SMILES string of the molecule is N#CC1(F)C=CC=CC1c1ccc(-n2c(C[C@@H]3CCN(C(=O)C4CC4)C3)n[nH]c2=O)c(F)c1. The summed E-state index contributed by atoms with van der Waals surface area (Å²) < 4.78 is 31.3. The summed E-state index contributed by atoms with van der Waals surface area (Å²) in [5.41, 5.74) is -2.54. The summed E-state index contributed by atoms with van der Waals surface area (Å²) in [6.45, 7) is 1.29. The Labute approximate surface area is 189 Å². The first-order valence-electron chi connectivity index (χ1n) is 11.1. The van der Waals surface area contributed by atoms with Crippen molar-refractivity contribution in [3.63, 3.8) is 0 Å². The van der Waals surface area contributed by atoms with E-state index in [-0.39, 0.29) is 23.4 Å². The van der Waals surface area contributed by atoms with Crippen LogP contribution in [0.2, 0.25) is 0 Å². The lowest BCUT2D eigenvalue weighted by atomic mass is 9.81. The van der Waals surface area contributed by atoms with E-state index in [1.54, 1.807) is 12.1 Å². The number of carbonyl (C=O) groups is 1. The minimum absolute atomic E-state index is 0.00755. The van der Waals surface area contributed by atoms with Crippen LogP contribution in [-0.4, -0.2) is 44.3 Å². The molecule has 1 aliphatic heterocycles. The molecule has 1 saturated heterocycles. The molecule has 9 heteroatoms. The number of H-pyrrole nitrogens is 1. The van der Waals surface area contributed by atoms with E-state index in [0.29, 0.717) is 30.9 Å². The number of likely N-dealkylation sites (tertiary alicyclic amines) is 1. The van der Waals surface area contributed by atoms with E-state index in [1.807, 2.05) is 4.90 Å². The number of nitrogens with zero attached hydrogens (tertiary/aromatic N) is 4. The molecule has 0 spiro atoms. The highest BCUT2D eigenvalue weighted by molar-refractivity contribution is 5.81. The van der Waals surface area contributed by atoms with Crippen LogP contribution < -0.4 is 5.69 Å². The lowest BCUT2D eigenvalue weighted by molar-refractivity contribution is -0.131. The zero-order chi connectivity index (χ0) is 23.2. The molecule has 2 aromatic rings. The van der Waals surface area contributed by atoms with Gasteiger partial charge < -0.3 is 4.90 Å². The van der Waals surface area contributed by atoms with Crippen LogP contribution >= 0.6 is 0 Å². The molecule has 3 atom stereocenters. The van der Waals surface area contributed by atoms with Crippen molar-refractivity contribution in [3.8, 4) is 11.8 Å². The van der Waals surface area contributed by atoms with Crippen molar-refractivity contribution in [1.82, 2.24) is 19.7 Å². The maximum absolute atomic E-state index is 15.2. The van der Waals surface area contributed by atoms with E-state index in [1.165, 1.54) is 28.9 Å². The molecule has 2 heterocycles. The van der Waals surface area contributed by atoms with Gasteiger partial charge in [-0.15, -0.1) is 0 Å². The zero-order valence-electron chi connectivity index (χ0n) is 17.9. The molecule has 2 fully saturated rings. The Balaban J connectivity index is 1.38. The fourth-order valence-electron chi connectivity index (χ4n) is 4.73. The fraction of sp³-hybridized carbons (Fsp3) is 0.417. The van der Waals surface area contributed by atoms with Crippen molar-refractivity contribution in [2.75, 3.05) is 13.1 Å². The second-order valence-electron chi connectivity index (χ2n) is 9.01. The minimum Gasteiger partial charge on any atom is -0.342 e. The number of aromatic nitrogens is 3. The molecule has 0 bridgehead atoms. The van der Waals surface area contributed by atoms with E-state index in [2.05, 4.69) is 10.2 Å². The summed E-state index contributed by atoms with van der Waals surface area (Å²) in [6.07, 6.45) is 8.87. The average Bonchev–Trinajstić information content (AvgIpc) is 3.46. The molecule has 33 heavy (non-hydrogen) atoms. The number of hydrogen-bond donors (Lipinski definition) is 1. The highest BCUT2D eigenvalue weighted by Gasteiger charge is 2.39. The van der Waals surface area contributed by atoms with Crippen LogP contribution in [0, 0.1) is 29.0 Å². The van der Waals surface area contributed by atoms with Crippen molar-refractivity contribution in [3.05, 3.63) is 70.2 Å². The molecular formula is C24H23F2N5O2. The van der Waals surface area contributed by atoms with Crippen LogP contribution in [0.1, 0.15) is 36.6 Å². The van der Waals surface area contributed by atoms with Crippen molar-refractivity contribution >= 4 is 5.91 Å². The molecule has 0 radical (unpaired) electrons. The number of aromatic amines is 1. The second-order valence-corrected chi connectivity index (χ2v) is 9.01. The molecule has 2 unspecified atom stereocenters. The lowest BCUT2D eigenvalue weighted by Gasteiger charge is -2.25. The number of nitriles is 1. The van der Waals surface area contributed by atoms with Crippen molar-refractivity contribution < 1.29 is 13.6 Å². The molecule has 1 saturated carbocycles. The summed E-state index contributed by atoms with van der Waals surface area (Å²) in [5.74, 6) is -0.784. The Morgan fingerprint density at radius 1 is 1.30 bits per heavy atom. The van der Waals surface area contributed by atoms with Crippen LogP contribution in [0.5, 0.6) is 0 Å². The van der Waals surface area contributed by atoms with Crippen molar-refractivity contribution in [2.24, 2.45) is 11.8 Å². The third kappa shape index (κ3) is 3.90. The molecule has 1 aromatic carbocycles. The van der Waals surface area contributed by atoms with E-state index in [4.69, 9.17) is 0 Å². The maximum Gasteiger partial charge on any atom is 0.348 e. The van der Waals surface area contributed by atoms with Gasteiger partial charge in [0.2, 0.25) is 11.6 Å². The van der Waals surface area contributed by atoms with Crippen LogP contribution in [0.15, 0.2) is 47.3 Å². The molecule has 1 aromatic heterocycles. The summed E-state index contributed by atoms with van der Waals surface area (Å²) >= 11 is 0. The highest BCUT2D eigenvalue weighted by Crippen LogP contribution is 2.37. The largest absolute Gasteiger partial charge is 0.348 e. The van der Waals surface area contributed by atoms with Gasteiger partial charge in [-0.25, -0.2) is 23.2 Å². The number of rotatable bonds is 5. The number of hydrogen-bond acceptors (Lipinski definition) is 4. The molecule has 7 nitrogen and oxygen atoms in total. The van der Waals surface area contributed by atoms with Gasteiger partial charge in [0, 0.05) is 25.4 Å². The first-order valence-corrected chi connectivity index (χ1v) is 11.1. The third-order valence-corrected chi connectivity index (χ3v) is 6.69.